The molecule has 2 aliphatic carbocycles. The van der Waals surface area contributed by atoms with E-state index in [9.17, 15) is 25.5 Å². The van der Waals surface area contributed by atoms with Gasteiger partial charge < -0.3 is 44.5 Å². The molecule has 5 N–H and O–H groups in total. The number of benzene rings is 3. The molecule has 0 aromatic heterocycles. The van der Waals surface area contributed by atoms with Gasteiger partial charge in [0.05, 0.1) is 19.8 Å². The molecule has 0 radical (unpaired) electrons. The standard InChI is InChI=1S/C39H48O9S2/c1-21-8-9-22-16-27-33(25-11-10-23(41)17-26(22)25)30(46-14-13-40)19-31-34(27)29(20-50-49-15-12-21)36(43)38(48-31)28-18-32(37(44)39(45-2)35(28)42)47-24-6-4-3-5-7-24/h10-11,17-19,21-22,24,29,36,38,40-44H,3-9,12-16,20H2,1-2H3. The van der Waals surface area contributed by atoms with Crippen molar-refractivity contribution < 1.29 is 44.5 Å². The van der Waals surface area contributed by atoms with Gasteiger partial charge in [-0.15, -0.1) is 0 Å². The van der Waals surface area contributed by atoms with Crippen LogP contribution in [-0.2, 0) is 6.42 Å². The largest absolute Gasteiger partial charge is 0.508 e. The highest BCUT2D eigenvalue weighted by molar-refractivity contribution is 8.76. The lowest BCUT2D eigenvalue weighted by atomic mass is 9.71. The van der Waals surface area contributed by atoms with Crippen molar-refractivity contribution in [2.75, 3.05) is 31.8 Å². The van der Waals surface area contributed by atoms with Crippen molar-refractivity contribution in [1.82, 2.24) is 0 Å². The van der Waals surface area contributed by atoms with Crippen LogP contribution in [0.15, 0.2) is 30.3 Å². The summed E-state index contributed by atoms with van der Waals surface area (Å²) >= 11 is 0. The van der Waals surface area contributed by atoms with Crippen molar-refractivity contribution in [3.8, 4) is 51.4 Å². The van der Waals surface area contributed by atoms with E-state index in [0.29, 0.717) is 29.6 Å². The molecule has 4 aliphatic rings. The maximum absolute atomic E-state index is 12.4. The Morgan fingerprint density at radius 3 is 2.50 bits per heavy atom. The van der Waals surface area contributed by atoms with Gasteiger partial charge in [-0.2, -0.15) is 0 Å². The van der Waals surface area contributed by atoms with Gasteiger partial charge in [0.25, 0.3) is 0 Å². The minimum Gasteiger partial charge on any atom is -0.508 e. The Kier molecular flexibility index (Phi) is 10.8. The maximum Gasteiger partial charge on any atom is 0.207 e. The number of phenolic OH excluding ortho intramolecular Hbond substituents is 3. The summed E-state index contributed by atoms with van der Waals surface area (Å²) in [6, 6.07) is 8.96. The van der Waals surface area contributed by atoms with Crippen LogP contribution in [0.1, 0.15) is 98.5 Å². The van der Waals surface area contributed by atoms with Gasteiger partial charge in [-0.1, -0.05) is 47.4 Å². The number of aliphatic hydroxyl groups is 2. The lowest BCUT2D eigenvalue weighted by molar-refractivity contribution is 0.00281. The van der Waals surface area contributed by atoms with Gasteiger partial charge in [-0.05, 0) is 91.7 Å². The van der Waals surface area contributed by atoms with Crippen LogP contribution in [0.2, 0.25) is 0 Å². The first-order valence-corrected chi connectivity index (χ1v) is 20.4. The Balaban J connectivity index is 1.39. The average molecular weight is 725 g/mol. The van der Waals surface area contributed by atoms with Crippen LogP contribution in [0.3, 0.4) is 0 Å². The van der Waals surface area contributed by atoms with Crippen molar-refractivity contribution in [3.63, 3.8) is 0 Å². The molecule has 3 aromatic carbocycles. The van der Waals surface area contributed by atoms with Crippen molar-refractivity contribution >= 4 is 21.6 Å². The van der Waals surface area contributed by atoms with E-state index in [2.05, 4.69) is 6.92 Å². The van der Waals surface area contributed by atoms with E-state index in [4.69, 9.17) is 18.9 Å². The Labute approximate surface area is 301 Å². The highest BCUT2D eigenvalue weighted by Gasteiger charge is 2.45. The summed E-state index contributed by atoms with van der Waals surface area (Å²) < 4.78 is 24.8. The minimum absolute atomic E-state index is 0.0725. The first-order valence-electron chi connectivity index (χ1n) is 17.9. The first-order chi connectivity index (χ1) is 24.3. The molecular formula is C39H48O9S2. The Hall–Kier alpha value is -3.12. The van der Waals surface area contributed by atoms with Crippen molar-refractivity contribution in [2.24, 2.45) is 5.92 Å². The summed E-state index contributed by atoms with van der Waals surface area (Å²) in [4.78, 5) is 0. The molecule has 270 valence electrons. The summed E-state index contributed by atoms with van der Waals surface area (Å²) in [5.74, 6) is 2.72. The molecule has 11 heteroatoms. The number of hydrogen-bond acceptors (Lipinski definition) is 11. The first kappa shape index (κ1) is 35.3. The van der Waals surface area contributed by atoms with E-state index < -0.39 is 12.2 Å². The molecule has 2 heterocycles. The maximum atomic E-state index is 12.4. The van der Waals surface area contributed by atoms with E-state index >= 15 is 0 Å². The summed E-state index contributed by atoms with van der Waals surface area (Å²) in [5, 5.41) is 55.4. The van der Waals surface area contributed by atoms with Gasteiger partial charge in [-0.3, -0.25) is 0 Å². The van der Waals surface area contributed by atoms with E-state index in [1.165, 1.54) is 7.11 Å². The van der Waals surface area contributed by atoms with Crippen LogP contribution in [0, 0.1) is 5.92 Å². The quantitative estimate of drug-likeness (QED) is 0.152. The Morgan fingerprint density at radius 1 is 0.900 bits per heavy atom. The van der Waals surface area contributed by atoms with Crippen molar-refractivity contribution in [2.45, 2.75) is 94.9 Å². The molecule has 5 unspecified atom stereocenters. The predicted molar refractivity (Wildman–Crippen MR) is 196 cm³/mol. The molecule has 5 atom stereocenters. The van der Waals surface area contributed by atoms with Crippen molar-refractivity contribution in [3.05, 3.63) is 52.6 Å². The third-order valence-corrected chi connectivity index (χ3v) is 13.4. The minimum atomic E-state index is -1.06. The van der Waals surface area contributed by atoms with E-state index in [1.54, 1.807) is 22.9 Å². The molecule has 1 saturated carbocycles. The molecule has 0 spiro atoms. The fourth-order valence-electron chi connectivity index (χ4n) is 8.28. The fraction of sp³-hybridized carbons (Fsp3) is 0.538. The second kappa shape index (κ2) is 15.2. The number of ether oxygens (including phenoxy) is 4. The lowest BCUT2D eigenvalue weighted by Crippen LogP contribution is -2.37. The fourth-order valence-corrected chi connectivity index (χ4v) is 10.9. The van der Waals surface area contributed by atoms with Gasteiger partial charge in [0, 0.05) is 40.2 Å². The molecule has 50 heavy (non-hydrogen) atoms. The average Bonchev–Trinajstić information content (AvgIpc) is 3.12. The zero-order chi connectivity index (χ0) is 34.9. The summed E-state index contributed by atoms with van der Waals surface area (Å²) in [5.41, 5.74) is 5.21. The molecule has 3 aromatic rings. The molecule has 1 fully saturated rings. The number of rotatable bonds is 7. The number of aliphatic hydroxyl groups excluding tert-OH is 2. The monoisotopic (exact) mass is 724 g/mol. The number of aromatic hydroxyl groups is 3. The lowest BCUT2D eigenvalue weighted by Gasteiger charge is -2.41. The van der Waals surface area contributed by atoms with Crippen LogP contribution in [0.4, 0.5) is 0 Å². The van der Waals surface area contributed by atoms with E-state index in [1.807, 2.05) is 29.0 Å². The zero-order valence-electron chi connectivity index (χ0n) is 28.7. The molecular weight excluding hydrogens is 677 g/mol. The molecule has 2 aliphatic heterocycles. The van der Waals surface area contributed by atoms with Gasteiger partial charge >= 0.3 is 0 Å². The van der Waals surface area contributed by atoms with Gasteiger partial charge in [0.1, 0.15) is 30.0 Å². The highest BCUT2D eigenvalue weighted by atomic mass is 33.1. The van der Waals surface area contributed by atoms with Crippen LogP contribution in [0.5, 0.6) is 40.2 Å². The summed E-state index contributed by atoms with van der Waals surface area (Å²) in [7, 11) is 4.93. The number of phenols is 3. The van der Waals surface area contributed by atoms with Crippen LogP contribution in [0.25, 0.3) is 11.1 Å². The van der Waals surface area contributed by atoms with Crippen molar-refractivity contribution in [1.29, 1.82) is 0 Å². The van der Waals surface area contributed by atoms with E-state index in [0.717, 1.165) is 84.9 Å². The molecule has 0 saturated heterocycles. The Morgan fingerprint density at radius 2 is 1.72 bits per heavy atom. The van der Waals surface area contributed by atoms with E-state index in [-0.39, 0.29) is 65.5 Å². The topological polar surface area (TPSA) is 138 Å². The second-order valence-electron chi connectivity index (χ2n) is 14.2. The van der Waals surface area contributed by atoms with Gasteiger partial charge in [0.15, 0.2) is 17.6 Å². The Bertz CT molecular complexity index is 1690. The third-order valence-electron chi connectivity index (χ3n) is 10.9. The molecule has 7 rings (SSSR count). The number of hydrogen-bond donors (Lipinski definition) is 5. The van der Waals surface area contributed by atoms with Gasteiger partial charge in [0.2, 0.25) is 11.5 Å². The highest BCUT2D eigenvalue weighted by Crippen LogP contribution is 2.58. The second-order valence-corrected chi connectivity index (χ2v) is 16.8. The normalized spacial score (nSPS) is 25.2. The van der Waals surface area contributed by atoms with Crippen LogP contribution in [-0.4, -0.2) is 69.6 Å². The SMILES string of the molecule is COc1c(O)c(OC2CCCCC2)cc(C2Oc3cc(OCCO)c4c5c3C(CSSCCC(C)CCC(C5)c3cc(O)ccc3-4)C2O)c1O. The van der Waals surface area contributed by atoms with Gasteiger partial charge in [-0.25, -0.2) is 0 Å². The third kappa shape index (κ3) is 6.78. The molecule has 2 bridgehead atoms. The van der Waals surface area contributed by atoms with Crippen LogP contribution >= 0.6 is 21.6 Å². The summed E-state index contributed by atoms with van der Waals surface area (Å²) in [6.45, 7) is 2.22. The molecule has 9 nitrogen and oxygen atoms in total. The zero-order valence-corrected chi connectivity index (χ0v) is 30.4. The number of methoxy groups -OCH3 is 1. The number of fused-ring (bicyclic) bond motifs is 4. The van der Waals surface area contributed by atoms with Crippen LogP contribution < -0.4 is 18.9 Å². The predicted octanol–water partition coefficient (Wildman–Crippen LogP) is 7.98. The smallest absolute Gasteiger partial charge is 0.207 e. The summed E-state index contributed by atoms with van der Waals surface area (Å²) in [6.07, 6.45) is 6.62. The molecule has 0 amide bonds.